The van der Waals surface area contributed by atoms with Crippen LogP contribution in [0.3, 0.4) is 0 Å². The summed E-state index contributed by atoms with van der Waals surface area (Å²) in [6.45, 7) is 0.763. The summed E-state index contributed by atoms with van der Waals surface area (Å²) >= 11 is 5.97. The summed E-state index contributed by atoms with van der Waals surface area (Å²) < 4.78 is 39.2. The molecule has 40 heavy (non-hydrogen) atoms. The Hall–Kier alpha value is -3.60. The Kier molecular flexibility index (Phi) is 9.67. The molecule has 1 aliphatic rings. The molecule has 1 aliphatic heterocycles. The van der Waals surface area contributed by atoms with Crippen molar-refractivity contribution in [1.82, 2.24) is 14.9 Å². The zero-order valence-electron chi connectivity index (χ0n) is 22.4. The van der Waals surface area contributed by atoms with E-state index in [0.717, 1.165) is 18.4 Å². The Morgan fingerprint density at radius 1 is 0.975 bits per heavy atom. The number of hydrogen-bond donors (Lipinski definition) is 2. The van der Waals surface area contributed by atoms with Crippen LogP contribution in [0.5, 0.6) is 11.5 Å². The highest BCUT2D eigenvalue weighted by molar-refractivity contribution is 7.89. The van der Waals surface area contributed by atoms with Gasteiger partial charge in [0.2, 0.25) is 15.9 Å². The van der Waals surface area contributed by atoms with Gasteiger partial charge in [0.1, 0.15) is 6.04 Å². The van der Waals surface area contributed by atoms with Crippen LogP contribution in [0.2, 0.25) is 5.02 Å². The molecule has 1 fully saturated rings. The van der Waals surface area contributed by atoms with Gasteiger partial charge in [0.25, 0.3) is 5.91 Å². The van der Waals surface area contributed by atoms with Gasteiger partial charge in [-0.25, -0.2) is 8.42 Å². The highest BCUT2D eigenvalue weighted by Gasteiger charge is 2.36. The minimum Gasteiger partial charge on any atom is -0.493 e. The van der Waals surface area contributed by atoms with Crippen LogP contribution in [0.1, 0.15) is 40.7 Å². The molecule has 3 aromatic carbocycles. The number of amides is 2. The first-order valence-electron chi connectivity index (χ1n) is 12.9. The molecule has 11 heteroatoms. The average Bonchev–Trinajstić information content (AvgIpc) is 3.18. The highest BCUT2D eigenvalue weighted by Crippen LogP contribution is 2.28. The fourth-order valence-electron chi connectivity index (χ4n) is 4.52. The van der Waals surface area contributed by atoms with Gasteiger partial charge < -0.3 is 20.1 Å². The normalized spacial score (nSPS) is 15.7. The van der Waals surface area contributed by atoms with E-state index in [0.29, 0.717) is 40.6 Å². The maximum Gasteiger partial charge on any atom is 0.251 e. The molecular weight excluding hydrogens is 554 g/mol. The van der Waals surface area contributed by atoms with Crippen LogP contribution in [0.25, 0.3) is 0 Å². The topological polar surface area (TPSA) is 114 Å². The number of hydrogen-bond acceptors (Lipinski definition) is 6. The molecule has 1 heterocycles. The van der Waals surface area contributed by atoms with E-state index in [2.05, 4.69) is 10.6 Å². The third kappa shape index (κ3) is 6.93. The summed E-state index contributed by atoms with van der Waals surface area (Å²) in [7, 11) is -0.922. The molecule has 2 N–H and O–H groups in total. The number of nitrogens with zero attached hydrogens (tertiary/aromatic N) is 1. The van der Waals surface area contributed by atoms with Crippen LogP contribution in [0, 0.1) is 0 Å². The van der Waals surface area contributed by atoms with Crippen LogP contribution in [0.4, 0.5) is 0 Å². The maximum atomic E-state index is 13.7. The van der Waals surface area contributed by atoms with E-state index in [-0.39, 0.29) is 29.8 Å². The number of carbonyl (C=O) groups is 2. The fourth-order valence-corrected chi connectivity index (χ4v) is 6.25. The molecule has 0 spiro atoms. The first-order chi connectivity index (χ1) is 19.2. The Morgan fingerprint density at radius 2 is 1.65 bits per heavy atom. The van der Waals surface area contributed by atoms with Gasteiger partial charge >= 0.3 is 0 Å². The van der Waals surface area contributed by atoms with E-state index in [1.54, 1.807) is 50.6 Å². The Morgan fingerprint density at radius 3 is 2.33 bits per heavy atom. The highest BCUT2D eigenvalue weighted by atomic mass is 35.5. The number of sulfonamides is 1. The minimum atomic E-state index is -4.03. The van der Waals surface area contributed by atoms with E-state index < -0.39 is 16.1 Å². The molecule has 0 saturated carbocycles. The van der Waals surface area contributed by atoms with Gasteiger partial charge in [-0.1, -0.05) is 29.8 Å². The molecule has 0 aliphatic carbocycles. The largest absolute Gasteiger partial charge is 0.493 e. The molecule has 0 unspecified atom stereocenters. The monoisotopic (exact) mass is 585 g/mol. The summed E-state index contributed by atoms with van der Waals surface area (Å²) in [5.74, 6) is 0.567. The molecule has 2 amide bonds. The molecule has 0 radical (unpaired) electrons. The SMILES string of the molecule is COc1ccc(CNC(=O)c2ccc(CN([C@@H]3CCCCNC3=O)S(=O)(=O)c3ccc(Cl)cc3)cc2)cc1OC. The van der Waals surface area contributed by atoms with E-state index in [1.165, 1.54) is 28.6 Å². The smallest absolute Gasteiger partial charge is 0.251 e. The van der Waals surface area contributed by atoms with Crippen LogP contribution in [-0.4, -0.2) is 51.3 Å². The summed E-state index contributed by atoms with van der Waals surface area (Å²) in [6.07, 6.45) is 1.91. The molecule has 212 valence electrons. The van der Waals surface area contributed by atoms with Crippen molar-refractivity contribution < 1.29 is 27.5 Å². The zero-order chi connectivity index (χ0) is 28.7. The van der Waals surface area contributed by atoms with E-state index in [4.69, 9.17) is 21.1 Å². The van der Waals surface area contributed by atoms with Crippen molar-refractivity contribution in [3.8, 4) is 11.5 Å². The lowest BCUT2D eigenvalue weighted by molar-refractivity contribution is -0.124. The van der Waals surface area contributed by atoms with Crippen molar-refractivity contribution in [3.05, 3.63) is 88.4 Å². The first-order valence-corrected chi connectivity index (χ1v) is 14.7. The lowest BCUT2D eigenvalue weighted by atomic mass is 10.1. The molecule has 4 rings (SSSR count). The number of ether oxygens (including phenoxy) is 2. The first kappa shape index (κ1) is 29.4. The quantitative estimate of drug-likeness (QED) is 0.370. The second-order valence-electron chi connectivity index (χ2n) is 9.38. The molecule has 0 aromatic heterocycles. The molecule has 3 aromatic rings. The molecule has 1 atom stereocenters. The van der Waals surface area contributed by atoms with Gasteiger partial charge in [-0.05, 0) is 78.9 Å². The third-order valence-corrected chi connectivity index (χ3v) is 8.85. The second kappa shape index (κ2) is 13.2. The Balaban J connectivity index is 1.51. The number of methoxy groups -OCH3 is 2. The van der Waals surface area contributed by atoms with Crippen molar-refractivity contribution in [2.24, 2.45) is 0 Å². The van der Waals surface area contributed by atoms with Crippen molar-refractivity contribution in [2.75, 3.05) is 20.8 Å². The summed E-state index contributed by atoms with van der Waals surface area (Å²) in [6, 6.07) is 17.1. The van der Waals surface area contributed by atoms with E-state index in [1.807, 2.05) is 6.07 Å². The Bertz CT molecular complexity index is 1450. The predicted octanol–water partition coefficient (Wildman–Crippen LogP) is 4.15. The number of benzene rings is 3. The van der Waals surface area contributed by atoms with E-state index in [9.17, 15) is 18.0 Å². The molecule has 0 bridgehead atoms. The van der Waals surface area contributed by atoms with Crippen molar-refractivity contribution >= 4 is 33.4 Å². The molecule has 9 nitrogen and oxygen atoms in total. The maximum absolute atomic E-state index is 13.7. The predicted molar refractivity (Wildman–Crippen MR) is 152 cm³/mol. The van der Waals surface area contributed by atoms with Gasteiger partial charge in [-0.2, -0.15) is 4.31 Å². The van der Waals surface area contributed by atoms with Gasteiger partial charge in [0.15, 0.2) is 11.5 Å². The van der Waals surface area contributed by atoms with Crippen LogP contribution in [0.15, 0.2) is 71.6 Å². The van der Waals surface area contributed by atoms with Crippen LogP contribution >= 0.6 is 11.6 Å². The third-order valence-electron chi connectivity index (χ3n) is 6.73. The zero-order valence-corrected chi connectivity index (χ0v) is 23.9. The van der Waals surface area contributed by atoms with Crippen molar-refractivity contribution in [2.45, 2.75) is 43.3 Å². The standard InChI is InChI=1S/C29H32ClN3O6S/c1-38-26-15-8-21(17-27(26)39-2)18-32-28(34)22-9-6-20(7-10-22)19-33(25-5-3-4-16-31-29(25)35)40(36,37)24-13-11-23(30)12-14-24/h6-15,17,25H,3-5,16,18-19H2,1-2H3,(H,31,35)(H,32,34)/t25-/m1/s1. The summed E-state index contributed by atoms with van der Waals surface area (Å²) in [5, 5.41) is 6.11. The summed E-state index contributed by atoms with van der Waals surface area (Å²) in [5.41, 5.74) is 1.90. The van der Waals surface area contributed by atoms with Crippen molar-refractivity contribution in [3.63, 3.8) is 0 Å². The van der Waals surface area contributed by atoms with Gasteiger partial charge in [-0.15, -0.1) is 0 Å². The van der Waals surface area contributed by atoms with Gasteiger partial charge in [-0.3, -0.25) is 9.59 Å². The van der Waals surface area contributed by atoms with Crippen LogP contribution < -0.4 is 20.1 Å². The molecular formula is C29H32ClN3O6S. The number of carbonyl (C=O) groups excluding carboxylic acids is 2. The van der Waals surface area contributed by atoms with E-state index >= 15 is 0 Å². The second-order valence-corrected chi connectivity index (χ2v) is 11.7. The van der Waals surface area contributed by atoms with Crippen molar-refractivity contribution in [1.29, 1.82) is 0 Å². The minimum absolute atomic E-state index is 0.0312. The number of rotatable bonds is 10. The van der Waals surface area contributed by atoms with Crippen LogP contribution in [-0.2, 0) is 27.9 Å². The lowest BCUT2D eigenvalue weighted by Crippen LogP contribution is -2.48. The molecule has 1 saturated heterocycles. The average molecular weight is 586 g/mol. The number of nitrogens with one attached hydrogen (secondary N) is 2. The lowest BCUT2D eigenvalue weighted by Gasteiger charge is -2.29. The van der Waals surface area contributed by atoms with Gasteiger partial charge in [0.05, 0.1) is 19.1 Å². The fraction of sp³-hybridized carbons (Fsp3) is 0.310. The Labute approximate surface area is 239 Å². The van der Waals surface area contributed by atoms with Gasteiger partial charge in [0, 0.05) is 30.2 Å². The summed E-state index contributed by atoms with van der Waals surface area (Å²) in [4.78, 5) is 25.7. The number of halogens is 1.